The summed E-state index contributed by atoms with van der Waals surface area (Å²) < 4.78 is 12.7. The molecule has 2 amide bonds. The molecule has 0 aliphatic carbocycles. The van der Waals surface area contributed by atoms with Gasteiger partial charge in [-0.25, -0.2) is 4.79 Å². The van der Waals surface area contributed by atoms with Crippen LogP contribution in [0.3, 0.4) is 0 Å². The number of fused-ring (bicyclic) bond motifs is 2. The summed E-state index contributed by atoms with van der Waals surface area (Å²) >= 11 is 0. The molecule has 1 aromatic rings. The number of urea groups is 1. The average Bonchev–Trinajstić information content (AvgIpc) is 3.36. The topological polar surface area (TPSA) is 71.9 Å². The van der Waals surface area contributed by atoms with E-state index in [0.29, 0.717) is 24.9 Å². The number of piperidine rings is 1. The zero-order valence-corrected chi connectivity index (χ0v) is 16.4. The summed E-state index contributed by atoms with van der Waals surface area (Å²) in [5, 5.41) is 7.45. The molecule has 8 heteroatoms. The summed E-state index contributed by atoms with van der Waals surface area (Å²) in [5.74, 6) is 1.07. The predicted molar refractivity (Wildman–Crippen MR) is 102 cm³/mol. The second-order valence-electron chi connectivity index (χ2n) is 8.25. The highest BCUT2D eigenvalue weighted by molar-refractivity contribution is 5.88. The molecular weight excluding hydrogens is 346 g/mol. The van der Waals surface area contributed by atoms with Crippen molar-refractivity contribution in [2.75, 3.05) is 58.9 Å². The van der Waals surface area contributed by atoms with E-state index in [2.05, 4.69) is 22.4 Å². The standard InChI is InChI=1S/C19H31N5O3/c1-22-9-5-19(6-10-22)14-24(16-13-27-12-15(16)19)18(25)20-17-4-8-23(21-17)7-3-11-26-2/h4,8,15-16H,3,5-7,9-14H2,1-2H3,(H,20,21,25)/t15-,16+/m0/s1. The van der Waals surface area contributed by atoms with Crippen molar-refractivity contribution in [2.45, 2.75) is 31.8 Å². The van der Waals surface area contributed by atoms with Crippen molar-refractivity contribution in [3.05, 3.63) is 12.3 Å². The van der Waals surface area contributed by atoms with Gasteiger partial charge in [-0.2, -0.15) is 5.10 Å². The van der Waals surface area contributed by atoms with Gasteiger partial charge in [0.15, 0.2) is 5.82 Å². The molecule has 0 aromatic carbocycles. The van der Waals surface area contributed by atoms with E-state index in [-0.39, 0.29) is 17.5 Å². The minimum absolute atomic E-state index is 0.0477. The van der Waals surface area contributed by atoms with Gasteiger partial charge in [0.2, 0.25) is 0 Å². The number of nitrogens with zero attached hydrogens (tertiary/aromatic N) is 4. The van der Waals surface area contributed by atoms with Crippen molar-refractivity contribution in [1.82, 2.24) is 19.6 Å². The van der Waals surface area contributed by atoms with Gasteiger partial charge >= 0.3 is 6.03 Å². The summed E-state index contributed by atoms with van der Waals surface area (Å²) in [6.45, 7) is 5.96. The monoisotopic (exact) mass is 377 g/mol. The molecule has 0 saturated carbocycles. The van der Waals surface area contributed by atoms with E-state index in [0.717, 1.165) is 52.0 Å². The third-order valence-electron chi connectivity index (χ3n) is 6.58. The lowest BCUT2D eigenvalue weighted by molar-refractivity contribution is 0.0624. The molecule has 0 radical (unpaired) electrons. The fraction of sp³-hybridized carbons (Fsp3) is 0.789. The highest BCUT2D eigenvalue weighted by Crippen LogP contribution is 2.50. The van der Waals surface area contributed by atoms with E-state index in [1.54, 1.807) is 7.11 Å². The molecule has 2 atom stereocenters. The van der Waals surface area contributed by atoms with Crippen LogP contribution in [0, 0.1) is 11.3 Å². The normalized spacial score (nSPS) is 27.3. The molecule has 3 fully saturated rings. The minimum atomic E-state index is -0.0477. The smallest absolute Gasteiger partial charge is 0.323 e. The number of amides is 2. The third-order valence-corrected chi connectivity index (χ3v) is 6.58. The molecular formula is C19H31N5O3. The molecule has 3 saturated heterocycles. The van der Waals surface area contributed by atoms with E-state index in [4.69, 9.17) is 9.47 Å². The van der Waals surface area contributed by atoms with Gasteiger partial charge in [-0.3, -0.25) is 10.00 Å². The molecule has 1 N–H and O–H groups in total. The Kier molecular flexibility index (Phi) is 5.39. The number of nitrogens with one attached hydrogen (secondary N) is 1. The lowest BCUT2D eigenvalue weighted by Gasteiger charge is -2.40. The average molecular weight is 377 g/mol. The van der Waals surface area contributed by atoms with E-state index < -0.39 is 0 Å². The second kappa shape index (κ2) is 7.77. The predicted octanol–water partition coefficient (Wildman–Crippen LogP) is 1.49. The summed E-state index contributed by atoms with van der Waals surface area (Å²) in [5.41, 5.74) is 0.213. The number of aromatic nitrogens is 2. The molecule has 4 heterocycles. The molecule has 3 aliphatic heterocycles. The zero-order chi connectivity index (χ0) is 18.9. The summed E-state index contributed by atoms with van der Waals surface area (Å²) in [7, 11) is 3.87. The zero-order valence-electron chi connectivity index (χ0n) is 16.4. The van der Waals surface area contributed by atoms with Gasteiger partial charge in [0.1, 0.15) is 0 Å². The first-order valence-corrected chi connectivity index (χ1v) is 9.98. The Morgan fingerprint density at radius 1 is 1.41 bits per heavy atom. The molecule has 1 spiro atoms. The Morgan fingerprint density at radius 3 is 3.00 bits per heavy atom. The van der Waals surface area contributed by atoms with Crippen molar-refractivity contribution in [3.8, 4) is 0 Å². The maximum absolute atomic E-state index is 13.0. The first kappa shape index (κ1) is 18.7. The Bertz CT molecular complexity index is 656. The van der Waals surface area contributed by atoms with Crippen LogP contribution in [-0.2, 0) is 16.0 Å². The quantitative estimate of drug-likeness (QED) is 0.788. The number of rotatable bonds is 5. The number of carbonyl (C=O) groups is 1. The van der Waals surface area contributed by atoms with Crippen LogP contribution in [-0.4, -0.2) is 85.3 Å². The molecule has 150 valence electrons. The van der Waals surface area contributed by atoms with Crippen LogP contribution in [0.1, 0.15) is 19.3 Å². The Balaban J connectivity index is 1.40. The summed E-state index contributed by atoms with van der Waals surface area (Å²) in [6.07, 6.45) is 5.09. The van der Waals surface area contributed by atoms with Crippen LogP contribution in [0.15, 0.2) is 12.3 Å². The lowest BCUT2D eigenvalue weighted by atomic mass is 9.70. The van der Waals surface area contributed by atoms with Gasteiger partial charge in [-0.05, 0) is 44.8 Å². The molecule has 8 nitrogen and oxygen atoms in total. The van der Waals surface area contributed by atoms with Crippen molar-refractivity contribution in [1.29, 1.82) is 0 Å². The van der Waals surface area contributed by atoms with Crippen LogP contribution < -0.4 is 5.32 Å². The highest BCUT2D eigenvalue weighted by atomic mass is 16.5. The van der Waals surface area contributed by atoms with Gasteiger partial charge in [0, 0.05) is 45.0 Å². The minimum Gasteiger partial charge on any atom is -0.385 e. The van der Waals surface area contributed by atoms with Crippen LogP contribution in [0.5, 0.6) is 0 Å². The first-order chi connectivity index (χ1) is 13.1. The molecule has 27 heavy (non-hydrogen) atoms. The summed E-state index contributed by atoms with van der Waals surface area (Å²) in [4.78, 5) is 17.4. The van der Waals surface area contributed by atoms with Gasteiger partial charge < -0.3 is 19.3 Å². The van der Waals surface area contributed by atoms with Crippen LogP contribution >= 0.6 is 0 Å². The molecule has 3 aliphatic rings. The maximum Gasteiger partial charge on any atom is 0.323 e. The van der Waals surface area contributed by atoms with Gasteiger partial charge in [-0.15, -0.1) is 0 Å². The van der Waals surface area contributed by atoms with Gasteiger partial charge in [0.05, 0.1) is 19.3 Å². The van der Waals surface area contributed by atoms with E-state index in [1.807, 2.05) is 21.8 Å². The number of aryl methyl sites for hydroxylation is 1. The molecule has 1 aromatic heterocycles. The number of hydrogen-bond donors (Lipinski definition) is 1. The van der Waals surface area contributed by atoms with Crippen molar-refractivity contribution in [2.24, 2.45) is 11.3 Å². The van der Waals surface area contributed by atoms with Gasteiger partial charge in [-0.1, -0.05) is 0 Å². The van der Waals surface area contributed by atoms with Crippen LogP contribution in [0.2, 0.25) is 0 Å². The van der Waals surface area contributed by atoms with E-state index in [9.17, 15) is 4.79 Å². The number of hydrogen-bond acceptors (Lipinski definition) is 5. The number of ether oxygens (including phenoxy) is 2. The maximum atomic E-state index is 13.0. The fourth-order valence-corrected chi connectivity index (χ4v) is 4.93. The number of methoxy groups -OCH3 is 1. The number of anilines is 1. The molecule has 0 unspecified atom stereocenters. The number of likely N-dealkylation sites (tertiary alicyclic amines) is 2. The van der Waals surface area contributed by atoms with Crippen molar-refractivity contribution >= 4 is 11.8 Å². The first-order valence-electron chi connectivity index (χ1n) is 9.98. The lowest BCUT2D eigenvalue weighted by Crippen LogP contribution is -2.44. The van der Waals surface area contributed by atoms with Gasteiger partial charge in [0.25, 0.3) is 0 Å². The second-order valence-corrected chi connectivity index (χ2v) is 8.25. The highest BCUT2D eigenvalue weighted by Gasteiger charge is 2.56. The van der Waals surface area contributed by atoms with E-state index >= 15 is 0 Å². The number of carbonyl (C=O) groups excluding carboxylic acids is 1. The Hall–Kier alpha value is -1.64. The fourth-order valence-electron chi connectivity index (χ4n) is 4.93. The van der Waals surface area contributed by atoms with E-state index in [1.165, 1.54) is 0 Å². The van der Waals surface area contributed by atoms with Crippen LogP contribution in [0.25, 0.3) is 0 Å². The van der Waals surface area contributed by atoms with Crippen molar-refractivity contribution in [3.63, 3.8) is 0 Å². The molecule has 4 rings (SSSR count). The van der Waals surface area contributed by atoms with Crippen LogP contribution in [0.4, 0.5) is 10.6 Å². The third kappa shape index (κ3) is 3.70. The SMILES string of the molecule is COCCCn1ccc(NC(=O)N2CC3(CCN(C)CC3)[C@H]3COC[C@H]32)n1. The Morgan fingerprint density at radius 2 is 2.22 bits per heavy atom. The molecule has 0 bridgehead atoms. The Labute approximate surface area is 160 Å². The largest absolute Gasteiger partial charge is 0.385 e. The summed E-state index contributed by atoms with van der Waals surface area (Å²) in [6, 6.07) is 2.00. The van der Waals surface area contributed by atoms with Crippen molar-refractivity contribution < 1.29 is 14.3 Å².